The van der Waals surface area contributed by atoms with Crippen molar-refractivity contribution in [2.24, 2.45) is 0 Å². The first-order valence-corrected chi connectivity index (χ1v) is 6.52. The molecule has 0 saturated carbocycles. The van der Waals surface area contributed by atoms with E-state index in [1.54, 1.807) is 12.1 Å². The maximum atomic E-state index is 9.86. The third-order valence-corrected chi connectivity index (χ3v) is 3.24. The van der Waals surface area contributed by atoms with E-state index in [4.69, 9.17) is 0 Å². The molecular formula is C16H16N2O. The molecule has 1 heterocycles. The van der Waals surface area contributed by atoms with E-state index in [0.29, 0.717) is 0 Å². The van der Waals surface area contributed by atoms with Gasteiger partial charge in [0.2, 0.25) is 0 Å². The van der Waals surface area contributed by atoms with Crippen molar-refractivity contribution < 1.29 is 5.11 Å². The van der Waals surface area contributed by atoms with E-state index < -0.39 is 0 Å². The zero-order valence-corrected chi connectivity index (χ0v) is 10.9. The van der Waals surface area contributed by atoms with Gasteiger partial charge in [-0.25, -0.2) is 0 Å². The first-order valence-electron chi connectivity index (χ1n) is 6.52. The molecule has 0 aliphatic rings. The fourth-order valence-corrected chi connectivity index (χ4v) is 2.39. The van der Waals surface area contributed by atoms with Crippen LogP contribution in [0.5, 0.6) is 5.75 Å². The zero-order valence-electron chi connectivity index (χ0n) is 10.9. The number of hydrogen-bond donors (Lipinski definition) is 1. The molecule has 0 saturated heterocycles. The highest BCUT2D eigenvalue weighted by atomic mass is 16.3. The summed E-state index contributed by atoms with van der Waals surface area (Å²) in [7, 11) is 0. The van der Waals surface area contributed by atoms with Gasteiger partial charge in [0.05, 0.1) is 6.20 Å². The summed E-state index contributed by atoms with van der Waals surface area (Å²) < 4.78 is 1.94. The molecule has 0 aliphatic heterocycles. The maximum absolute atomic E-state index is 9.86. The summed E-state index contributed by atoms with van der Waals surface area (Å²) in [6, 6.07) is 11.7. The summed E-state index contributed by atoms with van der Waals surface area (Å²) in [4.78, 5) is 0. The van der Waals surface area contributed by atoms with Crippen LogP contribution < -0.4 is 0 Å². The Bertz CT molecular complexity index is 716. The molecule has 0 radical (unpaired) electrons. The third-order valence-electron chi connectivity index (χ3n) is 3.24. The molecule has 96 valence electrons. The molecule has 0 fully saturated rings. The number of nitrogens with zero attached hydrogens (tertiary/aromatic N) is 2. The first kappa shape index (κ1) is 11.8. The smallest absolute Gasteiger partial charge is 0.116 e. The molecule has 3 heteroatoms. The van der Waals surface area contributed by atoms with Crippen LogP contribution in [0.3, 0.4) is 0 Å². The second kappa shape index (κ2) is 4.76. The molecular weight excluding hydrogens is 236 g/mol. The number of aryl methyl sites for hydroxylation is 1. The summed E-state index contributed by atoms with van der Waals surface area (Å²) in [5.41, 5.74) is 2.07. The highest BCUT2D eigenvalue weighted by Gasteiger charge is 2.08. The summed E-state index contributed by atoms with van der Waals surface area (Å²) >= 11 is 0. The summed E-state index contributed by atoms with van der Waals surface area (Å²) in [6.07, 6.45) is 4.95. The predicted octanol–water partition coefficient (Wildman–Crippen LogP) is 3.82. The van der Waals surface area contributed by atoms with Crippen LogP contribution in [0.25, 0.3) is 21.9 Å². The Labute approximate surface area is 112 Å². The molecule has 0 bridgehead atoms. The van der Waals surface area contributed by atoms with Crippen LogP contribution in [-0.2, 0) is 6.54 Å². The lowest BCUT2D eigenvalue weighted by Crippen LogP contribution is -1.95. The Hall–Kier alpha value is -2.29. The summed E-state index contributed by atoms with van der Waals surface area (Å²) in [5, 5.41) is 16.4. The van der Waals surface area contributed by atoms with Gasteiger partial charge >= 0.3 is 0 Å². The molecule has 0 spiro atoms. The number of benzene rings is 2. The fourth-order valence-electron chi connectivity index (χ4n) is 2.39. The molecule has 0 unspecified atom stereocenters. The van der Waals surface area contributed by atoms with Gasteiger partial charge in [-0.2, -0.15) is 5.10 Å². The van der Waals surface area contributed by atoms with Crippen molar-refractivity contribution in [3.63, 3.8) is 0 Å². The normalized spacial score (nSPS) is 11.0. The largest absolute Gasteiger partial charge is 0.508 e. The minimum Gasteiger partial charge on any atom is -0.508 e. The molecule has 19 heavy (non-hydrogen) atoms. The Kier molecular flexibility index (Phi) is 2.95. The van der Waals surface area contributed by atoms with Crippen LogP contribution in [-0.4, -0.2) is 14.9 Å². The van der Waals surface area contributed by atoms with E-state index in [2.05, 4.69) is 18.1 Å². The standard InChI is InChI=1S/C16H16N2O/c1-2-7-18-11-13(10-17-18)16-9-14(19)8-12-5-3-4-6-15(12)16/h3-6,8-11,19H,2,7H2,1H3. The highest BCUT2D eigenvalue weighted by molar-refractivity contribution is 5.97. The SMILES string of the molecule is CCCn1cc(-c2cc(O)cc3ccccc23)cn1. The molecule has 3 aromatic rings. The number of phenolic OH excluding ortho intramolecular Hbond substituents is 1. The average molecular weight is 252 g/mol. The van der Waals surface area contributed by atoms with Gasteiger partial charge in [-0.3, -0.25) is 4.68 Å². The van der Waals surface area contributed by atoms with Gasteiger partial charge in [-0.05, 0) is 34.9 Å². The Morgan fingerprint density at radius 1 is 1.21 bits per heavy atom. The second-order valence-electron chi connectivity index (χ2n) is 4.71. The molecule has 0 atom stereocenters. The third kappa shape index (κ3) is 2.19. The van der Waals surface area contributed by atoms with Gasteiger partial charge in [0, 0.05) is 18.3 Å². The summed E-state index contributed by atoms with van der Waals surface area (Å²) in [5.74, 6) is 0.289. The van der Waals surface area contributed by atoms with E-state index >= 15 is 0 Å². The first-order chi connectivity index (χ1) is 9.28. The van der Waals surface area contributed by atoms with Crippen LogP contribution in [0.1, 0.15) is 13.3 Å². The predicted molar refractivity (Wildman–Crippen MR) is 77.1 cm³/mol. The zero-order chi connectivity index (χ0) is 13.2. The molecule has 0 aliphatic carbocycles. The van der Waals surface area contributed by atoms with Crippen LogP contribution in [0.15, 0.2) is 48.8 Å². The van der Waals surface area contributed by atoms with Crippen LogP contribution in [0.2, 0.25) is 0 Å². The lowest BCUT2D eigenvalue weighted by Gasteiger charge is -2.05. The van der Waals surface area contributed by atoms with Crippen LogP contribution in [0.4, 0.5) is 0 Å². The molecule has 1 aromatic heterocycles. The number of rotatable bonds is 3. The number of fused-ring (bicyclic) bond motifs is 1. The summed E-state index contributed by atoms with van der Waals surface area (Å²) in [6.45, 7) is 3.04. The van der Waals surface area contributed by atoms with E-state index in [1.807, 2.05) is 35.3 Å². The van der Waals surface area contributed by atoms with Crippen molar-refractivity contribution in [1.82, 2.24) is 9.78 Å². The van der Waals surface area contributed by atoms with E-state index in [9.17, 15) is 5.11 Å². The van der Waals surface area contributed by atoms with Crippen molar-refractivity contribution in [3.8, 4) is 16.9 Å². The molecule has 3 nitrogen and oxygen atoms in total. The lowest BCUT2D eigenvalue weighted by atomic mass is 10.0. The van der Waals surface area contributed by atoms with Crippen molar-refractivity contribution in [3.05, 3.63) is 48.8 Å². The highest BCUT2D eigenvalue weighted by Crippen LogP contribution is 2.32. The van der Waals surface area contributed by atoms with Crippen molar-refractivity contribution in [2.75, 3.05) is 0 Å². The van der Waals surface area contributed by atoms with Crippen LogP contribution in [0, 0.1) is 0 Å². The van der Waals surface area contributed by atoms with Crippen molar-refractivity contribution in [2.45, 2.75) is 19.9 Å². The Balaban J connectivity index is 2.17. The topological polar surface area (TPSA) is 38.0 Å². The van der Waals surface area contributed by atoms with Crippen molar-refractivity contribution >= 4 is 10.8 Å². The average Bonchev–Trinajstić information content (AvgIpc) is 2.86. The van der Waals surface area contributed by atoms with Gasteiger partial charge in [0.1, 0.15) is 5.75 Å². The molecule has 0 amide bonds. The number of hydrogen-bond acceptors (Lipinski definition) is 2. The second-order valence-corrected chi connectivity index (χ2v) is 4.71. The number of aromatic nitrogens is 2. The lowest BCUT2D eigenvalue weighted by molar-refractivity contribution is 0.476. The van der Waals surface area contributed by atoms with Gasteiger partial charge in [-0.1, -0.05) is 31.2 Å². The molecule has 3 rings (SSSR count). The molecule has 1 N–H and O–H groups in total. The maximum Gasteiger partial charge on any atom is 0.116 e. The Morgan fingerprint density at radius 3 is 2.89 bits per heavy atom. The van der Waals surface area contributed by atoms with E-state index in [1.165, 1.54) is 0 Å². The van der Waals surface area contributed by atoms with Crippen molar-refractivity contribution in [1.29, 1.82) is 0 Å². The van der Waals surface area contributed by atoms with E-state index in [0.717, 1.165) is 34.9 Å². The van der Waals surface area contributed by atoms with Crippen LogP contribution >= 0.6 is 0 Å². The Morgan fingerprint density at radius 2 is 2.05 bits per heavy atom. The van der Waals surface area contributed by atoms with Gasteiger partial charge in [-0.15, -0.1) is 0 Å². The quantitative estimate of drug-likeness (QED) is 0.769. The number of phenols is 1. The minimum absolute atomic E-state index is 0.289. The van der Waals surface area contributed by atoms with Gasteiger partial charge < -0.3 is 5.11 Å². The number of aromatic hydroxyl groups is 1. The van der Waals surface area contributed by atoms with Gasteiger partial charge in [0.15, 0.2) is 0 Å². The van der Waals surface area contributed by atoms with E-state index in [-0.39, 0.29) is 5.75 Å². The molecule has 2 aromatic carbocycles. The fraction of sp³-hybridized carbons (Fsp3) is 0.188. The van der Waals surface area contributed by atoms with Gasteiger partial charge in [0.25, 0.3) is 0 Å². The monoisotopic (exact) mass is 252 g/mol. The minimum atomic E-state index is 0.289.